The molecular weight excluding hydrogens is 232 g/mol. The Balaban J connectivity index is 1.69. The van der Waals surface area contributed by atoms with Gasteiger partial charge < -0.3 is 10.2 Å². The average Bonchev–Trinajstić information content (AvgIpc) is 2.75. The van der Waals surface area contributed by atoms with Crippen LogP contribution in [-0.4, -0.2) is 20.1 Å². The van der Waals surface area contributed by atoms with Crippen LogP contribution in [0.2, 0.25) is 0 Å². The van der Waals surface area contributed by atoms with Gasteiger partial charge in [-0.25, -0.2) is 0 Å². The number of unbranched alkanes of at least 4 members (excludes halogenated alkanes) is 1. The highest BCUT2D eigenvalue weighted by Gasteiger charge is 2.15. The lowest BCUT2D eigenvalue weighted by Gasteiger charge is -2.12. The summed E-state index contributed by atoms with van der Waals surface area (Å²) in [5, 5.41) is 3.56. The minimum Gasteiger partial charge on any atom is -0.374 e. The minimum absolute atomic E-state index is 0.841. The molecule has 1 aliphatic heterocycles. The number of hydrogen-bond acceptors (Lipinski definition) is 2. The highest BCUT2D eigenvalue weighted by atomic mass is 15.1. The monoisotopic (exact) mass is 260 g/mol. The van der Waals surface area contributed by atoms with E-state index in [4.69, 9.17) is 0 Å². The van der Waals surface area contributed by atoms with Crippen LogP contribution in [0.25, 0.3) is 0 Å². The SMILES string of the molecule is CC(C)CCCCNCc1ccc2c(c1)CCN2C. The molecule has 0 amide bonds. The van der Waals surface area contributed by atoms with Crippen molar-refractivity contribution in [2.24, 2.45) is 5.92 Å². The number of nitrogens with one attached hydrogen (secondary N) is 1. The predicted molar refractivity (Wildman–Crippen MR) is 83.8 cm³/mol. The molecule has 1 aromatic carbocycles. The Labute approximate surface area is 118 Å². The Morgan fingerprint density at radius 1 is 1.26 bits per heavy atom. The second kappa shape index (κ2) is 6.95. The second-order valence-corrected chi connectivity index (χ2v) is 6.20. The molecule has 1 N–H and O–H groups in total. The zero-order chi connectivity index (χ0) is 13.7. The van der Waals surface area contributed by atoms with Crippen molar-refractivity contribution in [3.05, 3.63) is 29.3 Å². The van der Waals surface area contributed by atoms with Crippen LogP contribution >= 0.6 is 0 Å². The number of anilines is 1. The van der Waals surface area contributed by atoms with E-state index in [1.807, 2.05) is 0 Å². The van der Waals surface area contributed by atoms with Crippen molar-refractivity contribution in [2.75, 3.05) is 25.0 Å². The van der Waals surface area contributed by atoms with Crippen LogP contribution in [0.4, 0.5) is 5.69 Å². The number of nitrogens with zero attached hydrogens (tertiary/aromatic N) is 1. The van der Waals surface area contributed by atoms with Gasteiger partial charge in [0.25, 0.3) is 0 Å². The first-order valence-electron chi connectivity index (χ1n) is 7.70. The van der Waals surface area contributed by atoms with E-state index in [1.165, 1.54) is 49.0 Å². The summed E-state index contributed by atoms with van der Waals surface area (Å²) in [5.74, 6) is 0.841. The van der Waals surface area contributed by atoms with Gasteiger partial charge in [0.2, 0.25) is 0 Å². The molecule has 0 atom stereocenters. The average molecular weight is 260 g/mol. The first-order chi connectivity index (χ1) is 9.16. The van der Waals surface area contributed by atoms with Crippen molar-refractivity contribution in [3.8, 4) is 0 Å². The molecule has 0 spiro atoms. The molecule has 1 heterocycles. The molecule has 2 heteroatoms. The Bertz CT molecular complexity index is 398. The largest absolute Gasteiger partial charge is 0.374 e. The third-order valence-electron chi connectivity index (χ3n) is 3.99. The Morgan fingerprint density at radius 2 is 2.11 bits per heavy atom. The van der Waals surface area contributed by atoms with Crippen LogP contribution < -0.4 is 10.2 Å². The Morgan fingerprint density at radius 3 is 2.89 bits per heavy atom. The molecule has 1 aromatic rings. The number of likely N-dealkylation sites (N-methyl/N-ethyl adjacent to an activating group) is 1. The van der Waals surface area contributed by atoms with Crippen molar-refractivity contribution in [2.45, 2.75) is 46.1 Å². The van der Waals surface area contributed by atoms with Crippen LogP contribution in [0, 0.1) is 5.92 Å². The van der Waals surface area contributed by atoms with Crippen LogP contribution in [0.1, 0.15) is 44.2 Å². The first-order valence-corrected chi connectivity index (χ1v) is 7.70. The topological polar surface area (TPSA) is 15.3 Å². The van der Waals surface area contributed by atoms with Gasteiger partial charge >= 0.3 is 0 Å². The van der Waals surface area contributed by atoms with Crippen molar-refractivity contribution >= 4 is 5.69 Å². The molecule has 0 aromatic heterocycles. The summed E-state index contributed by atoms with van der Waals surface area (Å²) in [6, 6.07) is 6.92. The molecule has 106 valence electrons. The summed E-state index contributed by atoms with van der Waals surface area (Å²) >= 11 is 0. The number of rotatable bonds is 7. The molecule has 0 saturated heterocycles. The van der Waals surface area contributed by atoms with Crippen LogP contribution in [0.5, 0.6) is 0 Å². The Hall–Kier alpha value is -1.02. The molecule has 0 bridgehead atoms. The molecule has 0 radical (unpaired) electrons. The van der Waals surface area contributed by atoms with Crippen LogP contribution in [-0.2, 0) is 13.0 Å². The smallest absolute Gasteiger partial charge is 0.0397 e. The molecule has 0 aliphatic carbocycles. The quantitative estimate of drug-likeness (QED) is 0.754. The summed E-state index contributed by atoms with van der Waals surface area (Å²) in [6.07, 6.45) is 5.20. The van der Waals surface area contributed by atoms with E-state index in [0.717, 1.165) is 19.0 Å². The van der Waals surface area contributed by atoms with Gasteiger partial charge in [-0.2, -0.15) is 0 Å². The third-order valence-corrected chi connectivity index (χ3v) is 3.99. The van der Waals surface area contributed by atoms with Crippen LogP contribution in [0.3, 0.4) is 0 Å². The third kappa shape index (κ3) is 4.24. The summed E-state index contributed by atoms with van der Waals surface area (Å²) < 4.78 is 0. The maximum atomic E-state index is 3.56. The zero-order valence-corrected chi connectivity index (χ0v) is 12.7. The van der Waals surface area contributed by atoms with Gasteiger partial charge in [-0.05, 0) is 42.5 Å². The van der Waals surface area contributed by atoms with Gasteiger partial charge in [0.15, 0.2) is 0 Å². The summed E-state index contributed by atoms with van der Waals surface area (Å²) in [7, 11) is 2.18. The highest BCUT2D eigenvalue weighted by molar-refractivity contribution is 5.58. The summed E-state index contributed by atoms with van der Waals surface area (Å²) in [5.41, 5.74) is 4.36. The van der Waals surface area contributed by atoms with Gasteiger partial charge in [-0.15, -0.1) is 0 Å². The molecule has 0 fully saturated rings. The highest BCUT2D eigenvalue weighted by Crippen LogP contribution is 2.27. The Kier molecular flexibility index (Phi) is 5.26. The van der Waals surface area contributed by atoms with E-state index in [2.05, 4.69) is 49.3 Å². The van der Waals surface area contributed by atoms with Gasteiger partial charge in [-0.1, -0.05) is 38.8 Å². The van der Waals surface area contributed by atoms with E-state index in [0.29, 0.717) is 0 Å². The maximum absolute atomic E-state index is 3.56. The van der Waals surface area contributed by atoms with Crippen LogP contribution in [0.15, 0.2) is 18.2 Å². The lowest BCUT2D eigenvalue weighted by atomic mass is 10.1. The second-order valence-electron chi connectivity index (χ2n) is 6.20. The molecule has 0 saturated carbocycles. The molecule has 2 nitrogen and oxygen atoms in total. The standard InChI is InChI=1S/C17H28N2/c1-14(2)6-4-5-10-18-13-15-7-8-17-16(12-15)9-11-19(17)3/h7-8,12,14,18H,4-6,9-11,13H2,1-3H3. The van der Waals surface area contributed by atoms with Gasteiger partial charge in [0.05, 0.1) is 0 Å². The molecular formula is C17H28N2. The van der Waals surface area contributed by atoms with Crippen molar-refractivity contribution in [3.63, 3.8) is 0 Å². The fraction of sp³-hybridized carbons (Fsp3) is 0.647. The predicted octanol–water partition coefficient (Wildman–Crippen LogP) is 3.59. The molecule has 0 unspecified atom stereocenters. The van der Waals surface area contributed by atoms with E-state index < -0.39 is 0 Å². The number of hydrogen-bond donors (Lipinski definition) is 1. The van der Waals surface area contributed by atoms with Gasteiger partial charge in [0.1, 0.15) is 0 Å². The first kappa shape index (κ1) is 14.4. The van der Waals surface area contributed by atoms with Crippen molar-refractivity contribution in [1.82, 2.24) is 5.32 Å². The van der Waals surface area contributed by atoms with Gasteiger partial charge in [-0.3, -0.25) is 0 Å². The van der Waals surface area contributed by atoms with Crippen molar-refractivity contribution < 1.29 is 0 Å². The maximum Gasteiger partial charge on any atom is 0.0397 e. The van der Waals surface area contributed by atoms with E-state index >= 15 is 0 Å². The molecule has 2 rings (SSSR count). The van der Waals surface area contributed by atoms with E-state index in [1.54, 1.807) is 0 Å². The normalized spacial score (nSPS) is 14.2. The van der Waals surface area contributed by atoms with Gasteiger partial charge in [0, 0.05) is 25.8 Å². The summed E-state index contributed by atoms with van der Waals surface area (Å²) in [4.78, 5) is 2.35. The minimum atomic E-state index is 0.841. The fourth-order valence-corrected chi connectivity index (χ4v) is 2.77. The van der Waals surface area contributed by atoms with E-state index in [9.17, 15) is 0 Å². The number of fused-ring (bicyclic) bond motifs is 1. The molecule has 1 aliphatic rings. The molecule has 19 heavy (non-hydrogen) atoms. The van der Waals surface area contributed by atoms with E-state index in [-0.39, 0.29) is 0 Å². The lowest BCUT2D eigenvalue weighted by Crippen LogP contribution is -2.15. The fourth-order valence-electron chi connectivity index (χ4n) is 2.77. The lowest BCUT2D eigenvalue weighted by molar-refractivity contribution is 0.520. The summed E-state index contributed by atoms with van der Waals surface area (Å²) in [6.45, 7) is 7.92. The zero-order valence-electron chi connectivity index (χ0n) is 12.7. The van der Waals surface area contributed by atoms with Crippen molar-refractivity contribution in [1.29, 1.82) is 0 Å². The number of benzene rings is 1.